The molecule has 0 aromatic carbocycles. The maximum atomic E-state index is 5.52. The lowest BCUT2D eigenvalue weighted by molar-refractivity contribution is 0.963. The van der Waals surface area contributed by atoms with E-state index >= 15 is 0 Å². The molecule has 0 aliphatic carbocycles. The van der Waals surface area contributed by atoms with E-state index in [2.05, 4.69) is 20.9 Å². The Bertz CT molecular complexity index is 260. The predicted octanol–water partition coefficient (Wildman–Crippen LogP) is 1.46. The number of nitrogens with zero attached hydrogens (tertiary/aromatic N) is 2. The van der Waals surface area contributed by atoms with Crippen molar-refractivity contribution >= 4 is 21.7 Å². The van der Waals surface area contributed by atoms with Crippen LogP contribution in [0.2, 0.25) is 0 Å². The van der Waals surface area contributed by atoms with E-state index in [-0.39, 0.29) is 0 Å². The van der Waals surface area contributed by atoms with Crippen molar-refractivity contribution in [3.63, 3.8) is 0 Å². The van der Waals surface area contributed by atoms with Gasteiger partial charge in [-0.25, -0.2) is 10.8 Å². The van der Waals surface area contributed by atoms with Crippen molar-refractivity contribution in [3.8, 4) is 0 Å². The summed E-state index contributed by atoms with van der Waals surface area (Å²) in [6.45, 7) is 1.97. The van der Waals surface area contributed by atoms with E-state index < -0.39 is 0 Å². The summed E-state index contributed by atoms with van der Waals surface area (Å²) in [6.07, 6.45) is 1.73. The van der Waals surface area contributed by atoms with Gasteiger partial charge < -0.3 is 0 Å². The van der Waals surface area contributed by atoms with Crippen molar-refractivity contribution in [1.29, 1.82) is 0 Å². The fourth-order valence-corrected chi connectivity index (χ4v) is 1.35. The zero-order chi connectivity index (χ0) is 8.43. The molecule has 0 fully saturated rings. The van der Waals surface area contributed by atoms with Gasteiger partial charge in [0.25, 0.3) is 0 Å². The summed E-state index contributed by atoms with van der Waals surface area (Å²) < 4.78 is 0.973. The standard InChI is InChI=1S/C7H10BrN3/c1-5-3-6(8)4-10-7(5)11(2)9/h3-4H,9H2,1-2H3. The summed E-state index contributed by atoms with van der Waals surface area (Å²) in [4.78, 5) is 4.13. The minimum Gasteiger partial charge on any atom is -0.298 e. The smallest absolute Gasteiger partial charge is 0.145 e. The Morgan fingerprint density at radius 3 is 2.73 bits per heavy atom. The van der Waals surface area contributed by atoms with Gasteiger partial charge in [0.05, 0.1) is 0 Å². The summed E-state index contributed by atoms with van der Waals surface area (Å²) in [6, 6.07) is 1.98. The first-order chi connectivity index (χ1) is 5.11. The molecule has 0 spiro atoms. The van der Waals surface area contributed by atoms with Crippen LogP contribution in [0.5, 0.6) is 0 Å². The molecule has 1 rings (SSSR count). The fraction of sp³-hybridized carbons (Fsp3) is 0.286. The Balaban J connectivity index is 3.09. The van der Waals surface area contributed by atoms with Crippen LogP contribution < -0.4 is 10.9 Å². The van der Waals surface area contributed by atoms with Crippen LogP contribution in [-0.4, -0.2) is 12.0 Å². The molecule has 0 aliphatic rings. The molecule has 0 radical (unpaired) electrons. The van der Waals surface area contributed by atoms with Crippen molar-refractivity contribution < 1.29 is 0 Å². The molecule has 0 bridgehead atoms. The van der Waals surface area contributed by atoms with Crippen LogP contribution in [0.1, 0.15) is 5.56 Å². The summed E-state index contributed by atoms with van der Waals surface area (Å²) in [7, 11) is 1.77. The van der Waals surface area contributed by atoms with E-state index in [9.17, 15) is 0 Å². The van der Waals surface area contributed by atoms with Crippen LogP contribution in [0.3, 0.4) is 0 Å². The molecule has 11 heavy (non-hydrogen) atoms. The number of anilines is 1. The number of pyridine rings is 1. The molecule has 1 aromatic rings. The Labute approximate surface area is 74.3 Å². The Morgan fingerprint density at radius 2 is 2.27 bits per heavy atom. The maximum Gasteiger partial charge on any atom is 0.145 e. The minimum atomic E-state index is 0.799. The van der Waals surface area contributed by atoms with Gasteiger partial charge in [-0.1, -0.05) is 0 Å². The molecule has 1 aromatic heterocycles. The van der Waals surface area contributed by atoms with Gasteiger partial charge in [0.15, 0.2) is 0 Å². The van der Waals surface area contributed by atoms with Gasteiger partial charge in [-0.15, -0.1) is 0 Å². The van der Waals surface area contributed by atoms with Gasteiger partial charge in [0.1, 0.15) is 5.82 Å². The second-order valence-corrected chi connectivity index (χ2v) is 3.32. The van der Waals surface area contributed by atoms with E-state index in [0.29, 0.717) is 0 Å². The van der Waals surface area contributed by atoms with Gasteiger partial charge in [-0.05, 0) is 34.5 Å². The van der Waals surface area contributed by atoms with Crippen LogP contribution in [0.4, 0.5) is 5.82 Å². The normalized spacial score (nSPS) is 9.82. The van der Waals surface area contributed by atoms with Crippen LogP contribution in [-0.2, 0) is 0 Å². The van der Waals surface area contributed by atoms with Crippen LogP contribution in [0.15, 0.2) is 16.7 Å². The average molecular weight is 216 g/mol. The quantitative estimate of drug-likeness (QED) is 0.570. The third-order valence-corrected chi connectivity index (χ3v) is 1.79. The lowest BCUT2D eigenvalue weighted by Crippen LogP contribution is -2.26. The number of halogens is 1. The highest BCUT2D eigenvalue weighted by molar-refractivity contribution is 9.10. The second-order valence-electron chi connectivity index (χ2n) is 2.40. The molecular formula is C7H10BrN3. The Hall–Kier alpha value is -0.610. The van der Waals surface area contributed by atoms with Crippen molar-refractivity contribution in [3.05, 3.63) is 22.3 Å². The van der Waals surface area contributed by atoms with Crippen molar-refractivity contribution in [2.24, 2.45) is 5.84 Å². The topological polar surface area (TPSA) is 42.2 Å². The molecule has 3 nitrogen and oxygen atoms in total. The number of aromatic nitrogens is 1. The molecular weight excluding hydrogens is 206 g/mol. The summed E-state index contributed by atoms with van der Waals surface area (Å²) in [5.74, 6) is 6.32. The SMILES string of the molecule is Cc1cc(Br)cnc1N(C)N. The zero-order valence-corrected chi connectivity index (χ0v) is 8.09. The van der Waals surface area contributed by atoms with Crippen molar-refractivity contribution in [1.82, 2.24) is 4.98 Å². The molecule has 0 amide bonds. The highest BCUT2D eigenvalue weighted by Crippen LogP contribution is 2.17. The molecule has 60 valence electrons. The number of hydrogen-bond donors (Lipinski definition) is 1. The zero-order valence-electron chi connectivity index (χ0n) is 6.50. The van der Waals surface area contributed by atoms with Gasteiger partial charge in [-0.3, -0.25) is 5.01 Å². The summed E-state index contributed by atoms with van der Waals surface area (Å²) in [5.41, 5.74) is 1.06. The summed E-state index contributed by atoms with van der Waals surface area (Å²) in [5, 5.41) is 1.50. The highest BCUT2D eigenvalue weighted by atomic mass is 79.9. The van der Waals surface area contributed by atoms with Crippen LogP contribution in [0, 0.1) is 6.92 Å². The van der Waals surface area contributed by atoms with E-state index in [1.54, 1.807) is 13.2 Å². The number of rotatable bonds is 1. The monoisotopic (exact) mass is 215 g/mol. The van der Waals surface area contributed by atoms with E-state index in [1.165, 1.54) is 5.01 Å². The van der Waals surface area contributed by atoms with E-state index in [1.807, 2.05) is 13.0 Å². The number of hydrazine groups is 1. The number of nitrogens with two attached hydrogens (primary N) is 1. The average Bonchev–Trinajstić information content (AvgIpc) is 1.85. The lowest BCUT2D eigenvalue weighted by Gasteiger charge is -2.12. The van der Waals surface area contributed by atoms with Gasteiger partial charge in [0.2, 0.25) is 0 Å². The molecule has 0 aliphatic heterocycles. The predicted molar refractivity (Wildman–Crippen MR) is 49.3 cm³/mol. The Kier molecular flexibility index (Phi) is 2.46. The molecule has 0 saturated carbocycles. The molecule has 2 N–H and O–H groups in total. The third kappa shape index (κ3) is 1.91. The molecule has 4 heteroatoms. The largest absolute Gasteiger partial charge is 0.298 e. The molecule has 0 unspecified atom stereocenters. The van der Waals surface area contributed by atoms with Crippen molar-refractivity contribution in [2.75, 3.05) is 12.1 Å². The van der Waals surface area contributed by atoms with Gasteiger partial charge >= 0.3 is 0 Å². The maximum absolute atomic E-state index is 5.52. The van der Waals surface area contributed by atoms with Crippen LogP contribution >= 0.6 is 15.9 Å². The van der Waals surface area contributed by atoms with Crippen LogP contribution in [0.25, 0.3) is 0 Å². The van der Waals surface area contributed by atoms with Gasteiger partial charge in [0, 0.05) is 17.7 Å². The van der Waals surface area contributed by atoms with Crippen molar-refractivity contribution in [2.45, 2.75) is 6.92 Å². The van der Waals surface area contributed by atoms with E-state index in [0.717, 1.165) is 15.9 Å². The Morgan fingerprint density at radius 1 is 1.64 bits per heavy atom. The number of aryl methyl sites for hydroxylation is 1. The highest BCUT2D eigenvalue weighted by Gasteiger charge is 2.01. The lowest BCUT2D eigenvalue weighted by atomic mass is 10.3. The first-order valence-electron chi connectivity index (χ1n) is 3.22. The first-order valence-corrected chi connectivity index (χ1v) is 4.01. The van der Waals surface area contributed by atoms with E-state index in [4.69, 9.17) is 5.84 Å². The van der Waals surface area contributed by atoms with Gasteiger partial charge in [-0.2, -0.15) is 0 Å². The summed E-state index contributed by atoms with van der Waals surface area (Å²) >= 11 is 3.32. The second kappa shape index (κ2) is 3.19. The molecule has 1 heterocycles. The minimum absolute atomic E-state index is 0.799. The number of hydrogen-bond acceptors (Lipinski definition) is 3. The molecule has 0 saturated heterocycles. The fourth-order valence-electron chi connectivity index (χ4n) is 0.903. The third-order valence-electron chi connectivity index (χ3n) is 1.35. The molecule has 0 atom stereocenters. The first kappa shape index (κ1) is 8.49.